The van der Waals surface area contributed by atoms with Crippen molar-refractivity contribution >= 4 is 5.97 Å². The monoisotopic (exact) mass is 448 g/mol. The van der Waals surface area contributed by atoms with E-state index < -0.39 is 18.2 Å². The number of unbranched alkanes of at least 4 members (excludes halogenated alkanes) is 11. The van der Waals surface area contributed by atoms with E-state index in [1.54, 1.807) is 0 Å². The van der Waals surface area contributed by atoms with Crippen molar-refractivity contribution < 1.29 is 35.1 Å². The Morgan fingerprint density at radius 1 is 0.742 bits per heavy atom. The van der Waals surface area contributed by atoms with Gasteiger partial charge in [-0.1, -0.05) is 70.4 Å². The van der Waals surface area contributed by atoms with Crippen molar-refractivity contribution in [3.05, 3.63) is 12.2 Å². The van der Waals surface area contributed by atoms with Crippen LogP contribution < -0.4 is 0 Å². The molecule has 5 N–H and O–H groups in total. The molecule has 31 heavy (non-hydrogen) atoms. The summed E-state index contributed by atoms with van der Waals surface area (Å²) < 4.78 is 4.72. The van der Waals surface area contributed by atoms with Crippen molar-refractivity contribution in [2.75, 3.05) is 26.4 Å². The molecule has 0 radical (unpaired) electrons. The summed E-state index contributed by atoms with van der Waals surface area (Å²) in [6, 6.07) is 0. The average Bonchev–Trinajstić information content (AvgIpc) is 2.76. The number of allylic oxidation sites excluding steroid dienone is 2. The largest absolute Gasteiger partial charge is 0.481 e. The topological polar surface area (TPSA) is 127 Å². The molecule has 0 heterocycles. The van der Waals surface area contributed by atoms with Crippen molar-refractivity contribution in [3.8, 4) is 0 Å². The summed E-state index contributed by atoms with van der Waals surface area (Å²) in [5, 5.41) is 42.6. The first-order valence-corrected chi connectivity index (χ1v) is 12.0. The first-order valence-electron chi connectivity index (χ1n) is 12.0. The van der Waals surface area contributed by atoms with Gasteiger partial charge < -0.3 is 30.3 Å². The molecule has 0 rings (SSSR count). The molecule has 0 spiro atoms. The molecule has 0 aliphatic heterocycles. The molecule has 7 heteroatoms. The maximum atomic E-state index is 10.3. The number of hydrogen-bond acceptors (Lipinski definition) is 6. The lowest BCUT2D eigenvalue weighted by atomic mass is 10.1. The van der Waals surface area contributed by atoms with Crippen molar-refractivity contribution in [1.29, 1.82) is 0 Å². The predicted molar refractivity (Wildman–Crippen MR) is 124 cm³/mol. The summed E-state index contributed by atoms with van der Waals surface area (Å²) in [5.74, 6) is -0.664. The molecule has 2 unspecified atom stereocenters. The van der Waals surface area contributed by atoms with Gasteiger partial charge in [-0.2, -0.15) is 0 Å². The molecular formula is C24H48O7. The standard InChI is InChI=1S/C18H34O2.C6H14O5/c1-2-3-4-5-6-7-8-9-10-11-12-13-14-15-16-17-18(19)20;7-1-5(9)3-11-4-6(10)2-8/h9-10H,2-8,11-17H2,1H3,(H,19,20);5-10H,1-4H2/b10-9-;. The van der Waals surface area contributed by atoms with Gasteiger partial charge in [0, 0.05) is 6.42 Å². The number of hydrogen-bond donors (Lipinski definition) is 5. The van der Waals surface area contributed by atoms with Crippen LogP contribution in [0.15, 0.2) is 12.2 Å². The second-order valence-corrected chi connectivity index (χ2v) is 7.94. The second-order valence-electron chi connectivity index (χ2n) is 7.94. The molecule has 0 aromatic carbocycles. The lowest BCUT2D eigenvalue weighted by molar-refractivity contribution is -0.137. The number of rotatable bonds is 21. The zero-order chi connectivity index (χ0) is 23.6. The summed E-state index contributed by atoms with van der Waals surface area (Å²) in [4.78, 5) is 10.3. The zero-order valence-corrected chi connectivity index (χ0v) is 19.6. The third-order valence-corrected chi connectivity index (χ3v) is 4.69. The van der Waals surface area contributed by atoms with Gasteiger partial charge in [0.05, 0.1) is 26.4 Å². The Morgan fingerprint density at radius 3 is 1.58 bits per heavy atom. The Labute approximate surface area is 189 Å². The molecule has 0 amide bonds. The van der Waals surface area contributed by atoms with Crippen LogP contribution in [0.5, 0.6) is 0 Å². The number of carboxylic acids is 1. The van der Waals surface area contributed by atoms with Crippen LogP contribution in [0.25, 0.3) is 0 Å². The molecule has 2 atom stereocenters. The van der Waals surface area contributed by atoms with Crippen LogP contribution in [0.1, 0.15) is 96.8 Å². The van der Waals surface area contributed by atoms with Gasteiger partial charge in [0.2, 0.25) is 0 Å². The summed E-state index contributed by atoms with van der Waals surface area (Å²) in [6.07, 6.45) is 19.4. The van der Waals surface area contributed by atoms with Crippen LogP contribution >= 0.6 is 0 Å². The SMILES string of the molecule is CCCCCCCC/C=C\CCCCCCCC(=O)O.OCC(O)COCC(O)CO. The van der Waals surface area contributed by atoms with Crippen molar-refractivity contribution in [2.45, 2.75) is 109 Å². The van der Waals surface area contributed by atoms with Gasteiger partial charge in [-0.3, -0.25) is 4.79 Å². The Kier molecular flexibility index (Phi) is 28.1. The van der Waals surface area contributed by atoms with Gasteiger partial charge in [0.25, 0.3) is 0 Å². The van der Waals surface area contributed by atoms with Crippen LogP contribution in [0.4, 0.5) is 0 Å². The van der Waals surface area contributed by atoms with Crippen LogP contribution in [-0.4, -0.2) is 70.1 Å². The van der Waals surface area contributed by atoms with E-state index in [4.69, 9.17) is 30.3 Å². The van der Waals surface area contributed by atoms with E-state index in [2.05, 4.69) is 19.1 Å². The zero-order valence-electron chi connectivity index (χ0n) is 19.6. The first kappa shape index (κ1) is 32.2. The fourth-order valence-electron chi connectivity index (χ4n) is 2.79. The maximum Gasteiger partial charge on any atom is 0.303 e. The van der Waals surface area contributed by atoms with Crippen LogP contribution in [0.2, 0.25) is 0 Å². The summed E-state index contributed by atoms with van der Waals surface area (Å²) >= 11 is 0. The second kappa shape index (κ2) is 27.0. The average molecular weight is 449 g/mol. The highest BCUT2D eigenvalue weighted by Gasteiger charge is 2.05. The van der Waals surface area contributed by atoms with Crippen molar-refractivity contribution in [3.63, 3.8) is 0 Å². The highest BCUT2D eigenvalue weighted by Crippen LogP contribution is 2.09. The number of aliphatic carboxylic acids is 1. The Balaban J connectivity index is 0. The lowest BCUT2D eigenvalue weighted by Crippen LogP contribution is -2.25. The van der Waals surface area contributed by atoms with Crippen molar-refractivity contribution in [2.24, 2.45) is 0 Å². The highest BCUT2D eigenvalue weighted by molar-refractivity contribution is 5.66. The molecule has 0 bridgehead atoms. The summed E-state index contributed by atoms with van der Waals surface area (Å²) in [5.41, 5.74) is 0. The minimum Gasteiger partial charge on any atom is -0.481 e. The molecule has 0 aromatic heterocycles. The number of carboxylic acid groups (broad SMARTS) is 1. The molecule has 0 fully saturated rings. The Morgan fingerprint density at radius 2 is 1.16 bits per heavy atom. The van der Waals surface area contributed by atoms with E-state index in [1.807, 2.05) is 0 Å². The lowest BCUT2D eigenvalue weighted by Gasteiger charge is -2.10. The van der Waals surface area contributed by atoms with Crippen molar-refractivity contribution in [1.82, 2.24) is 0 Å². The Bertz CT molecular complexity index is 378. The van der Waals surface area contributed by atoms with E-state index in [-0.39, 0.29) is 26.4 Å². The van der Waals surface area contributed by atoms with E-state index in [0.29, 0.717) is 6.42 Å². The number of carbonyl (C=O) groups is 1. The smallest absolute Gasteiger partial charge is 0.303 e. The van der Waals surface area contributed by atoms with E-state index in [0.717, 1.165) is 12.8 Å². The van der Waals surface area contributed by atoms with Gasteiger partial charge in [0.1, 0.15) is 12.2 Å². The normalized spacial score (nSPS) is 13.1. The molecule has 0 aromatic rings. The molecule has 0 saturated carbocycles. The van der Waals surface area contributed by atoms with Crippen LogP contribution in [0, 0.1) is 0 Å². The van der Waals surface area contributed by atoms with E-state index >= 15 is 0 Å². The molecule has 186 valence electrons. The molecular weight excluding hydrogens is 400 g/mol. The van der Waals surface area contributed by atoms with E-state index in [1.165, 1.54) is 70.6 Å². The number of aliphatic hydroxyl groups is 4. The van der Waals surface area contributed by atoms with Gasteiger partial charge in [0.15, 0.2) is 0 Å². The first-order chi connectivity index (χ1) is 15.0. The maximum absolute atomic E-state index is 10.3. The van der Waals surface area contributed by atoms with Gasteiger partial charge >= 0.3 is 5.97 Å². The minimum atomic E-state index is -0.916. The molecule has 0 saturated heterocycles. The minimum absolute atomic E-state index is 0.0342. The molecule has 7 nitrogen and oxygen atoms in total. The highest BCUT2D eigenvalue weighted by atomic mass is 16.5. The van der Waals surface area contributed by atoms with Gasteiger partial charge in [-0.25, -0.2) is 0 Å². The van der Waals surface area contributed by atoms with Crippen LogP contribution in [0.3, 0.4) is 0 Å². The van der Waals surface area contributed by atoms with Crippen LogP contribution in [-0.2, 0) is 9.53 Å². The number of aliphatic hydroxyl groups excluding tert-OH is 4. The summed E-state index contributed by atoms with van der Waals surface area (Å²) in [6.45, 7) is 1.46. The molecule has 0 aliphatic rings. The van der Waals surface area contributed by atoms with Gasteiger partial charge in [-0.05, 0) is 32.1 Å². The quantitative estimate of drug-likeness (QED) is 0.133. The molecule has 0 aliphatic carbocycles. The third kappa shape index (κ3) is 31.3. The number of ether oxygens (including phenoxy) is 1. The fourth-order valence-corrected chi connectivity index (χ4v) is 2.79. The predicted octanol–water partition coefficient (Wildman–Crippen LogP) is 3.82. The third-order valence-electron chi connectivity index (χ3n) is 4.69. The fraction of sp³-hybridized carbons (Fsp3) is 0.875. The van der Waals surface area contributed by atoms with Gasteiger partial charge in [-0.15, -0.1) is 0 Å². The van der Waals surface area contributed by atoms with E-state index in [9.17, 15) is 4.79 Å². The Hall–Kier alpha value is -0.990. The summed E-state index contributed by atoms with van der Waals surface area (Å²) in [7, 11) is 0.